The molecule has 1 heteroatoms. The monoisotopic (exact) mass is 437 g/mol. The first-order chi connectivity index (χ1) is 15.8. The van der Waals surface area contributed by atoms with Gasteiger partial charge >= 0.3 is 0 Å². The standard InChI is InChI=1S/C32H39N/c1-10-13-16-29(25(7)23(4)5)28-20-18-27(22-24(28)6)19-21-31-30(17-14-11-2)26(8)33(9)32(31)15-12-3/h10-23H,1-2H2,3-9H3/b15-12+,16-13-,17-14-,21-19-,29-25-. The summed E-state index contributed by atoms with van der Waals surface area (Å²) in [5.41, 5.74) is 11.3. The first kappa shape index (κ1) is 25.9. The van der Waals surface area contributed by atoms with E-state index in [9.17, 15) is 0 Å². The Hall–Kier alpha value is -3.32. The van der Waals surface area contributed by atoms with Gasteiger partial charge in [-0.1, -0.05) is 105 Å². The van der Waals surface area contributed by atoms with Gasteiger partial charge in [-0.15, -0.1) is 0 Å². The SMILES string of the molecule is C=C/C=C\C(=C(/C)C(C)C)c1ccc(/C=C\c2c(/C=C\C=C)c(C)n(C)c2/C=C/C)cc1C. The molecule has 0 amide bonds. The normalized spacial score (nSPS) is 13.2. The van der Waals surface area contributed by atoms with Crippen molar-refractivity contribution in [1.29, 1.82) is 0 Å². The van der Waals surface area contributed by atoms with Crippen LogP contribution in [0.2, 0.25) is 0 Å². The molecule has 1 heterocycles. The van der Waals surface area contributed by atoms with E-state index in [0.29, 0.717) is 5.92 Å². The number of aryl methyl sites for hydroxylation is 1. The Balaban J connectivity index is 2.56. The van der Waals surface area contributed by atoms with Gasteiger partial charge in [0.1, 0.15) is 0 Å². The molecule has 1 nitrogen and oxygen atoms in total. The summed E-state index contributed by atoms with van der Waals surface area (Å²) in [5, 5.41) is 0. The van der Waals surface area contributed by atoms with Crippen molar-refractivity contribution < 1.29 is 0 Å². The first-order valence-electron chi connectivity index (χ1n) is 11.7. The Kier molecular flexibility index (Phi) is 9.48. The van der Waals surface area contributed by atoms with Crippen molar-refractivity contribution in [1.82, 2.24) is 4.57 Å². The van der Waals surface area contributed by atoms with Crippen molar-refractivity contribution in [3.63, 3.8) is 0 Å². The number of hydrogen-bond donors (Lipinski definition) is 0. The highest BCUT2D eigenvalue weighted by atomic mass is 15.0. The summed E-state index contributed by atoms with van der Waals surface area (Å²) in [5.74, 6) is 0.488. The smallest absolute Gasteiger partial charge is 0.0482 e. The lowest BCUT2D eigenvalue weighted by atomic mass is 9.90. The highest BCUT2D eigenvalue weighted by Gasteiger charge is 2.13. The fourth-order valence-corrected chi connectivity index (χ4v) is 3.97. The lowest BCUT2D eigenvalue weighted by Crippen LogP contribution is -1.97. The Labute approximate surface area is 201 Å². The third kappa shape index (κ3) is 6.14. The fraction of sp³-hybridized carbons (Fsp3) is 0.250. The number of nitrogens with zero attached hydrogens (tertiary/aromatic N) is 1. The Morgan fingerprint density at radius 3 is 2.21 bits per heavy atom. The second-order valence-corrected chi connectivity index (χ2v) is 8.71. The molecule has 0 aliphatic carbocycles. The van der Waals surface area contributed by atoms with Crippen LogP contribution in [-0.2, 0) is 7.05 Å². The van der Waals surface area contributed by atoms with Crippen molar-refractivity contribution >= 4 is 29.9 Å². The van der Waals surface area contributed by atoms with E-state index in [2.05, 4.69) is 121 Å². The number of allylic oxidation sites excluding steroid dienone is 8. The average Bonchev–Trinajstić information content (AvgIpc) is 3.01. The van der Waals surface area contributed by atoms with Gasteiger partial charge in [0.05, 0.1) is 0 Å². The summed E-state index contributed by atoms with van der Waals surface area (Å²) in [6, 6.07) is 6.72. The minimum absolute atomic E-state index is 0.488. The van der Waals surface area contributed by atoms with Gasteiger partial charge in [0.25, 0.3) is 0 Å². The van der Waals surface area contributed by atoms with E-state index in [1.165, 1.54) is 50.4 Å². The molecule has 0 radical (unpaired) electrons. The topological polar surface area (TPSA) is 4.93 Å². The maximum absolute atomic E-state index is 3.84. The molecule has 172 valence electrons. The summed E-state index contributed by atoms with van der Waals surface area (Å²) < 4.78 is 2.24. The maximum Gasteiger partial charge on any atom is 0.0482 e. The van der Waals surface area contributed by atoms with E-state index >= 15 is 0 Å². The highest BCUT2D eigenvalue weighted by Crippen LogP contribution is 2.30. The number of aromatic nitrogens is 1. The highest BCUT2D eigenvalue weighted by molar-refractivity contribution is 5.83. The molecule has 2 aromatic rings. The predicted molar refractivity (Wildman–Crippen MR) is 151 cm³/mol. The van der Waals surface area contributed by atoms with E-state index < -0.39 is 0 Å². The third-order valence-corrected chi connectivity index (χ3v) is 6.22. The molecular weight excluding hydrogens is 398 g/mol. The summed E-state index contributed by atoms with van der Waals surface area (Å²) in [4.78, 5) is 0. The van der Waals surface area contributed by atoms with Crippen LogP contribution >= 0.6 is 0 Å². The van der Waals surface area contributed by atoms with Crippen molar-refractivity contribution in [3.8, 4) is 0 Å². The van der Waals surface area contributed by atoms with E-state index in [0.717, 1.165) is 0 Å². The van der Waals surface area contributed by atoms with Gasteiger partial charge in [-0.2, -0.15) is 0 Å². The van der Waals surface area contributed by atoms with Crippen LogP contribution in [0.4, 0.5) is 0 Å². The molecule has 0 unspecified atom stereocenters. The average molecular weight is 438 g/mol. The molecule has 2 rings (SSSR count). The van der Waals surface area contributed by atoms with E-state index in [1.54, 1.807) is 0 Å². The second kappa shape index (κ2) is 12.1. The van der Waals surface area contributed by atoms with Crippen LogP contribution in [0.5, 0.6) is 0 Å². The van der Waals surface area contributed by atoms with E-state index in [1.807, 2.05) is 24.3 Å². The number of benzene rings is 1. The lowest BCUT2D eigenvalue weighted by Gasteiger charge is -2.15. The largest absolute Gasteiger partial charge is 0.347 e. The minimum Gasteiger partial charge on any atom is -0.347 e. The summed E-state index contributed by atoms with van der Waals surface area (Å²) in [6.07, 6.45) is 20.7. The predicted octanol–water partition coefficient (Wildman–Crippen LogP) is 9.22. The zero-order valence-corrected chi connectivity index (χ0v) is 21.4. The van der Waals surface area contributed by atoms with Crippen LogP contribution in [0.3, 0.4) is 0 Å². The third-order valence-electron chi connectivity index (χ3n) is 6.22. The molecule has 0 fully saturated rings. The summed E-state index contributed by atoms with van der Waals surface area (Å²) >= 11 is 0. The maximum atomic E-state index is 3.84. The molecule has 1 aromatic carbocycles. The van der Waals surface area contributed by atoms with Crippen LogP contribution < -0.4 is 0 Å². The fourth-order valence-electron chi connectivity index (χ4n) is 3.97. The molecule has 0 spiro atoms. The summed E-state index contributed by atoms with van der Waals surface area (Å²) in [7, 11) is 2.12. The van der Waals surface area contributed by atoms with E-state index in [-0.39, 0.29) is 0 Å². The van der Waals surface area contributed by atoms with Gasteiger partial charge in [0.2, 0.25) is 0 Å². The van der Waals surface area contributed by atoms with Gasteiger partial charge < -0.3 is 4.57 Å². The van der Waals surface area contributed by atoms with Gasteiger partial charge in [0.15, 0.2) is 0 Å². The van der Waals surface area contributed by atoms with E-state index in [4.69, 9.17) is 0 Å². The molecule has 0 atom stereocenters. The van der Waals surface area contributed by atoms with Crippen LogP contribution in [0, 0.1) is 19.8 Å². The van der Waals surface area contributed by atoms with Gasteiger partial charge in [-0.3, -0.25) is 0 Å². The van der Waals surface area contributed by atoms with Crippen LogP contribution in [0.25, 0.3) is 29.9 Å². The number of hydrogen-bond acceptors (Lipinski definition) is 0. The Morgan fingerprint density at radius 1 is 0.939 bits per heavy atom. The van der Waals surface area contributed by atoms with Crippen LogP contribution in [0.1, 0.15) is 66.9 Å². The zero-order chi connectivity index (χ0) is 24.5. The van der Waals surface area contributed by atoms with Crippen molar-refractivity contribution in [2.75, 3.05) is 0 Å². The Bertz CT molecular complexity index is 1150. The number of rotatable bonds is 9. The molecular formula is C32H39N. The molecule has 0 saturated carbocycles. The minimum atomic E-state index is 0.488. The lowest BCUT2D eigenvalue weighted by molar-refractivity contribution is 0.773. The molecule has 1 aromatic heterocycles. The second-order valence-electron chi connectivity index (χ2n) is 8.71. The van der Waals surface area contributed by atoms with Crippen LogP contribution in [0.15, 0.2) is 73.4 Å². The van der Waals surface area contributed by atoms with Crippen molar-refractivity contribution in [2.45, 2.75) is 41.5 Å². The molecule has 0 aliphatic heterocycles. The molecule has 0 saturated heterocycles. The molecule has 0 bridgehead atoms. The Morgan fingerprint density at radius 2 is 1.64 bits per heavy atom. The van der Waals surface area contributed by atoms with Crippen molar-refractivity contribution in [3.05, 3.63) is 113 Å². The summed E-state index contributed by atoms with van der Waals surface area (Å²) in [6.45, 7) is 20.8. The molecule has 33 heavy (non-hydrogen) atoms. The molecule has 0 N–H and O–H groups in total. The van der Waals surface area contributed by atoms with Gasteiger partial charge in [-0.25, -0.2) is 0 Å². The van der Waals surface area contributed by atoms with Gasteiger partial charge in [-0.05, 0) is 62.0 Å². The van der Waals surface area contributed by atoms with Crippen LogP contribution in [-0.4, -0.2) is 4.57 Å². The molecule has 0 aliphatic rings. The van der Waals surface area contributed by atoms with Gasteiger partial charge in [0, 0.05) is 29.6 Å². The first-order valence-corrected chi connectivity index (χ1v) is 11.7. The zero-order valence-electron chi connectivity index (χ0n) is 21.4. The van der Waals surface area contributed by atoms with Crippen molar-refractivity contribution in [2.24, 2.45) is 13.0 Å². The quantitative estimate of drug-likeness (QED) is 0.344.